The van der Waals surface area contributed by atoms with Gasteiger partial charge < -0.3 is 15.8 Å². The highest BCUT2D eigenvalue weighted by Crippen LogP contribution is 2.28. The molecule has 1 fully saturated rings. The number of hydrogen-bond acceptors (Lipinski definition) is 3. The monoisotopic (exact) mass is 242 g/mol. The van der Waals surface area contributed by atoms with Gasteiger partial charge in [-0.1, -0.05) is 6.92 Å². The van der Waals surface area contributed by atoms with Gasteiger partial charge in [-0.3, -0.25) is 4.79 Å². The fraction of sp³-hybridized carbons (Fsp3) is 0.923. The molecule has 0 radical (unpaired) electrons. The van der Waals surface area contributed by atoms with Gasteiger partial charge in [-0.05, 0) is 39.0 Å². The predicted octanol–water partition coefficient (Wildman–Crippen LogP) is 1.29. The largest absolute Gasteiger partial charge is 0.382 e. The van der Waals surface area contributed by atoms with Gasteiger partial charge in [0.15, 0.2) is 0 Å². The van der Waals surface area contributed by atoms with E-state index in [2.05, 4.69) is 12.2 Å². The Labute approximate surface area is 104 Å². The van der Waals surface area contributed by atoms with E-state index in [1.807, 2.05) is 13.8 Å². The van der Waals surface area contributed by atoms with Crippen molar-refractivity contribution in [2.24, 2.45) is 17.6 Å². The Balaban J connectivity index is 2.48. The van der Waals surface area contributed by atoms with E-state index in [0.29, 0.717) is 12.5 Å². The first-order chi connectivity index (χ1) is 7.85. The molecule has 3 N–H and O–H groups in total. The average Bonchev–Trinajstić information content (AvgIpc) is 2.21. The Morgan fingerprint density at radius 3 is 2.65 bits per heavy atom. The van der Waals surface area contributed by atoms with Crippen molar-refractivity contribution in [1.29, 1.82) is 0 Å². The van der Waals surface area contributed by atoms with Gasteiger partial charge in [-0.15, -0.1) is 0 Å². The van der Waals surface area contributed by atoms with Gasteiger partial charge in [-0.25, -0.2) is 0 Å². The molecule has 0 aromatic rings. The summed E-state index contributed by atoms with van der Waals surface area (Å²) in [7, 11) is 1.64. The number of rotatable bonds is 4. The topological polar surface area (TPSA) is 64.3 Å². The zero-order chi connectivity index (χ0) is 13.1. The number of hydrogen-bond donors (Lipinski definition) is 2. The third-order valence-electron chi connectivity index (χ3n) is 3.60. The Kier molecular flexibility index (Phi) is 4.95. The van der Waals surface area contributed by atoms with E-state index in [1.165, 1.54) is 0 Å². The SMILES string of the molecule is COCC(C)(C)NC(=O)C1CCC(C)C(N)C1. The van der Waals surface area contributed by atoms with E-state index in [4.69, 9.17) is 10.5 Å². The first-order valence-corrected chi connectivity index (χ1v) is 6.42. The molecule has 0 spiro atoms. The lowest BCUT2D eigenvalue weighted by molar-refractivity contribution is -0.128. The Morgan fingerprint density at radius 1 is 1.47 bits per heavy atom. The van der Waals surface area contributed by atoms with Crippen LogP contribution in [0.5, 0.6) is 0 Å². The van der Waals surface area contributed by atoms with Gasteiger partial charge in [-0.2, -0.15) is 0 Å². The quantitative estimate of drug-likeness (QED) is 0.781. The van der Waals surface area contributed by atoms with Crippen LogP contribution in [0.25, 0.3) is 0 Å². The number of carbonyl (C=O) groups is 1. The molecule has 100 valence electrons. The molecule has 4 heteroatoms. The molecule has 3 unspecified atom stereocenters. The van der Waals surface area contributed by atoms with Crippen LogP contribution in [0.15, 0.2) is 0 Å². The molecule has 1 rings (SSSR count). The maximum absolute atomic E-state index is 12.1. The average molecular weight is 242 g/mol. The second kappa shape index (κ2) is 5.83. The van der Waals surface area contributed by atoms with Crippen molar-refractivity contribution >= 4 is 5.91 Å². The van der Waals surface area contributed by atoms with Crippen LogP contribution in [0, 0.1) is 11.8 Å². The standard InChI is InChI=1S/C13H26N2O2/c1-9-5-6-10(7-11(9)14)12(16)15-13(2,3)8-17-4/h9-11H,5-8,14H2,1-4H3,(H,15,16). The van der Waals surface area contributed by atoms with Crippen molar-refractivity contribution in [2.45, 2.75) is 51.6 Å². The molecule has 4 nitrogen and oxygen atoms in total. The number of nitrogens with one attached hydrogen (secondary N) is 1. The zero-order valence-corrected chi connectivity index (χ0v) is 11.5. The van der Waals surface area contributed by atoms with E-state index in [1.54, 1.807) is 7.11 Å². The minimum Gasteiger partial charge on any atom is -0.382 e. The number of ether oxygens (including phenoxy) is 1. The van der Waals surface area contributed by atoms with E-state index < -0.39 is 0 Å². The molecule has 1 aliphatic rings. The molecular formula is C13H26N2O2. The second-order valence-corrected chi connectivity index (χ2v) is 5.96. The van der Waals surface area contributed by atoms with E-state index in [0.717, 1.165) is 19.3 Å². The van der Waals surface area contributed by atoms with E-state index in [9.17, 15) is 4.79 Å². The summed E-state index contributed by atoms with van der Waals surface area (Å²) >= 11 is 0. The molecule has 3 atom stereocenters. The first-order valence-electron chi connectivity index (χ1n) is 6.42. The van der Waals surface area contributed by atoms with Crippen molar-refractivity contribution in [3.8, 4) is 0 Å². The molecule has 1 saturated carbocycles. The second-order valence-electron chi connectivity index (χ2n) is 5.96. The fourth-order valence-electron chi connectivity index (χ4n) is 2.43. The zero-order valence-electron chi connectivity index (χ0n) is 11.5. The van der Waals surface area contributed by atoms with Crippen molar-refractivity contribution in [3.05, 3.63) is 0 Å². The lowest BCUT2D eigenvalue weighted by Crippen LogP contribution is -2.51. The lowest BCUT2D eigenvalue weighted by Gasteiger charge is -2.34. The molecule has 1 aliphatic carbocycles. The van der Waals surface area contributed by atoms with Gasteiger partial charge in [0.05, 0.1) is 12.1 Å². The lowest BCUT2D eigenvalue weighted by atomic mass is 9.79. The summed E-state index contributed by atoms with van der Waals surface area (Å²) in [6, 6.07) is 0.157. The first kappa shape index (κ1) is 14.5. The molecular weight excluding hydrogens is 216 g/mol. The molecule has 0 aromatic carbocycles. The third-order valence-corrected chi connectivity index (χ3v) is 3.60. The minimum atomic E-state index is -0.307. The molecule has 17 heavy (non-hydrogen) atoms. The summed E-state index contributed by atoms with van der Waals surface area (Å²) in [4.78, 5) is 12.1. The Bertz CT molecular complexity index is 266. The van der Waals surface area contributed by atoms with Gasteiger partial charge in [0.25, 0.3) is 0 Å². The maximum atomic E-state index is 12.1. The van der Waals surface area contributed by atoms with Crippen molar-refractivity contribution in [2.75, 3.05) is 13.7 Å². The highest BCUT2D eigenvalue weighted by molar-refractivity contribution is 5.79. The molecule has 0 aliphatic heterocycles. The van der Waals surface area contributed by atoms with Crippen LogP contribution in [0.1, 0.15) is 40.0 Å². The summed E-state index contributed by atoms with van der Waals surface area (Å²) in [5, 5.41) is 3.04. The summed E-state index contributed by atoms with van der Waals surface area (Å²) in [6.07, 6.45) is 2.80. The van der Waals surface area contributed by atoms with Crippen LogP contribution < -0.4 is 11.1 Å². The molecule has 0 aromatic heterocycles. The Morgan fingerprint density at radius 2 is 2.12 bits per heavy atom. The van der Waals surface area contributed by atoms with Crippen LogP contribution in [0.2, 0.25) is 0 Å². The van der Waals surface area contributed by atoms with Crippen LogP contribution >= 0.6 is 0 Å². The summed E-state index contributed by atoms with van der Waals surface area (Å²) < 4.78 is 5.09. The molecule has 0 bridgehead atoms. The van der Waals surface area contributed by atoms with Gasteiger partial charge in [0.2, 0.25) is 5.91 Å². The van der Waals surface area contributed by atoms with Crippen LogP contribution in [-0.4, -0.2) is 31.2 Å². The van der Waals surface area contributed by atoms with Crippen molar-refractivity contribution in [3.63, 3.8) is 0 Å². The Hall–Kier alpha value is -0.610. The highest BCUT2D eigenvalue weighted by atomic mass is 16.5. The smallest absolute Gasteiger partial charge is 0.223 e. The summed E-state index contributed by atoms with van der Waals surface area (Å²) in [5.41, 5.74) is 5.72. The predicted molar refractivity (Wildman–Crippen MR) is 68.6 cm³/mol. The number of nitrogens with two attached hydrogens (primary N) is 1. The fourth-order valence-corrected chi connectivity index (χ4v) is 2.43. The normalized spacial score (nSPS) is 30.1. The third kappa shape index (κ3) is 4.28. The van der Waals surface area contributed by atoms with Gasteiger partial charge in [0.1, 0.15) is 0 Å². The molecule has 0 heterocycles. The van der Waals surface area contributed by atoms with Gasteiger partial charge in [0, 0.05) is 19.1 Å². The number of amides is 1. The van der Waals surface area contributed by atoms with Crippen LogP contribution in [0.3, 0.4) is 0 Å². The number of methoxy groups -OCH3 is 1. The summed E-state index contributed by atoms with van der Waals surface area (Å²) in [5.74, 6) is 0.720. The molecule has 0 saturated heterocycles. The van der Waals surface area contributed by atoms with Crippen LogP contribution in [0.4, 0.5) is 0 Å². The van der Waals surface area contributed by atoms with Crippen LogP contribution in [-0.2, 0) is 9.53 Å². The summed E-state index contributed by atoms with van der Waals surface area (Å²) in [6.45, 7) is 6.63. The van der Waals surface area contributed by atoms with Crippen molar-refractivity contribution < 1.29 is 9.53 Å². The number of carbonyl (C=O) groups excluding carboxylic acids is 1. The van der Waals surface area contributed by atoms with Crippen molar-refractivity contribution in [1.82, 2.24) is 5.32 Å². The molecule has 1 amide bonds. The highest BCUT2D eigenvalue weighted by Gasteiger charge is 2.32. The van der Waals surface area contributed by atoms with E-state index in [-0.39, 0.29) is 23.4 Å². The van der Waals surface area contributed by atoms with Gasteiger partial charge >= 0.3 is 0 Å². The van der Waals surface area contributed by atoms with E-state index >= 15 is 0 Å². The minimum absolute atomic E-state index is 0.0670. The maximum Gasteiger partial charge on any atom is 0.223 e.